The number of benzene rings is 2. The Balaban J connectivity index is 1.83. The molecule has 0 spiro atoms. The van der Waals surface area contributed by atoms with Gasteiger partial charge in [-0.2, -0.15) is 0 Å². The summed E-state index contributed by atoms with van der Waals surface area (Å²) < 4.78 is 15.6. The molecule has 0 saturated carbocycles. The Kier molecular flexibility index (Phi) is 8.19. The third kappa shape index (κ3) is 6.20. The molecule has 1 atom stereocenters. The van der Waals surface area contributed by atoms with Gasteiger partial charge in [-0.1, -0.05) is 18.2 Å². The van der Waals surface area contributed by atoms with Crippen LogP contribution in [0.15, 0.2) is 47.4 Å². The first-order valence-electron chi connectivity index (χ1n) is 8.80. The predicted octanol–water partition coefficient (Wildman–Crippen LogP) is 3.52. The van der Waals surface area contributed by atoms with Gasteiger partial charge in [0.1, 0.15) is 11.5 Å². The summed E-state index contributed by atoms with van der Waals surface area (Å²) in [7, 11) is 3.14. The van der Waals surface area contributed by atoms with Crippen molar-refractivity contribution in [3.8, 4) is 11.5 Å². The Morgan fingerprint density at radius 2 is 1.86 bits per heavy atom. The van der Waals surface area contributed by atoms with Crippen LogP contribution in [-0.4, -0.2) is 38.5 Å². The Labute approximate surface area is 169 Å². The lowest BCUT2D eigenvalue weighted by molar-refractivity contribution is -0.146. The van der Waals surface area contributed by atoms with E-state index < -0.39 is 5.97 Å². The smallest absolute Gasteiger partial charge is 0.316 e. The fourth-order valence-electron chi connectivity index (χ4n) is 2.58. The molecule has 0 aliphatic rings. The number of carbonyl (C=O) groups excluding carboxylic acids is 2. The van der Waals surface area contributed by atoms with E-state index in [0.717, 1.165) is 16.0 Å². The Morgan fingerprint density at radius 1 is 1.11 bits per heavy atom. The van der Waals surface area contributed by atoms with Gasteiger partial charge in [-0.05, 0) is 43.7 Å². The molecule has 0 aliphatic heterocycles. The van der Waals surface area contributed by atoms with Crippen LogP contribution in [0.4, 0.5) is 0 Å². The van der Waals surface area contributed by atoms with E-state index >= 15 is 0 Å². The minimum Gasteiger partial charge on any atom is -0.497 e. The average Bonchev–Trinajstić information content (AvgIpc) is 2.71. The summed E-state index contributed by atoms with van der Waals surface area (Å²) in [5.74, 6) is 0.635. The molecule has 0 bridgehead atoms. The quantitative estimate of drug-likeness (QED) is 0.510. The molecule has 1 N–H and O–H groups in total. The fraction of sp³-hybridized carbons (Fsp3) is 0.333. The fourth-order valence-corrected chi connectivity index (χ4v) is 3.41. The van der Waals surface area contributed by atoms with Crippen molar-refractivity contribution in [1.82, 2.24) is 5.32 Å². The molecule has 150 valence electrons. The number of rotatable bonds is 9. The highest BCUT2D eigenvalue weighted by molar-refractivity contribution is 8.00. The zero-order valence-corrected chi connectivity index (χ0v) is 17.3. The number of hydrogen-bond donors (Lipinski definition) is 1. The van der Waals surface area contributed by atoms with E-state index in [9.17, 15) is 9.59 Å². The molecular weight excluding hydrogens is 378 g/mol. The van der Waals surface area contributed by atoms with Gasteiger partial charge in [0.15, 0.2) is 6.61 Å². The second kappa shape index (κ2) is 10.6. The van der Waals surface area contributed by atoms with E-state index in [0.29, 0.717) is 11.5 Å². The van der Waals surface area contributed by atoms with Gasteiger partial charge in [0, 0.05) is 10.5 Å². The monoisotopic (exact) mass is 403 g/mol. The first-order valence-corrected chi connectivity index (χ1v) is 9.78. The van der Waals surface area contributed by atoms with Crippen molar-refractivity contribution in [2.24, 2.45) is 0 Å². The largest absolute Gasteiger partial charge is 0.497 e. The average molecular weight is 404 g/mol. The van der Waals surface area contributed by atoms with E-state index in [1.165, 1.54) is 11.8 Å². The molecule has 6 nitrogen and oxygen atoms in total. The van der Waals surface area contributed by atoms with E-state index in [1.807, 2.05) is 38.1 Å². The van der Waals surface area contributed by atoms with Crippen LogP contribution in [0, 0.1) is 6.92 Å². The summed E-state index contributed by atoms with van der Waals surface area (Å²) in [6.45, 7) is 3.48. The summed E-state index contributed by atoms with van der Waals surface area (Å²) in [6.07, 6.45) is 0. The first-order chi connectivity index (χ1) is 13.4. The van der Waals surface area contributed by atoms with Gasteiger partial charge >= 0.3 is 5.97 Å². The molecule has 2 aromatic carbocycles. The number of amides is 1. The lowest BCUT2D eigenvalue weighted by atomic mass is 10.1. The molecule has 7 heteroatoms. The van der Waals surface area contributed by atoms with Crippen LogP contribution in [0.2, 0.25) is 0 Å². The number of nitrogens with one attached hydrogen (secondary N) is 1. The number of methoxy groups -OCH3 is 2. The number of hydrogen-bond acceptors (Lipinski definition) is 6. The third-order valence-electron chi connectivity index (χ3n) is 4.08. The van der Waals surface area contributed by atoms with Crippen molar-refractivity contribution in [2.75, 3.05) is 26.6 Å². The minimum absolute atomic E-state index is 0.150. The van der Waals surface area contributed by atoms with Crippen LogP contribution >= 0.6 is 11.8 Å². The van der Waals surface area contributed by atoms with Crippen molar-refractivity contribution in [3.63, 3.8) is 0 Å². The maximum absolute atomic E-state index is 12.1. The number of thioether (sulfide) groups is 1. The maximum Gasteiger partial charge on any atom is 0.316 e. The molecule has 0 fully saturated rings. The van der Waals surface area contributed by atoms with Gasteiger partial charge in [0.05, 0.1) is 26.0 Å². The van der Waals surface area contributed by atoms with Crippen LogP contribution < -0.4 is 14.8 Å². The molecule has 0 saturated heterocycles. The molecule has 0 aliphatic carbocycles. The van der Waals surface area contributed by atoms with Crippen molar-refractivity contribution in [2.45, 2.75) is 24.8 Å². The van der Waals surface area contributed by atoms with Crippen molar-refractivity contribution >= 4 is 23.6 Å². The van der Waals surface area contributed by atoms with Crippen LogP contribution in [0.1, 0.15) is 24.1 Å². The Hall–Kier alpha value is -2.67. The van der Waals surface area contributed by atoms with Crippen molar-refractivity contribution in [1.29, 1.82) is 0 Å². The van der Waals surface area contributed by atoms with Gasteiger partial charge < -0.3 is 19.5 Å². The van der Waals surface area contributed by atoms with Gasteiger partial charge in [0.2, 0.25) is 0 Å². The number of esters is 1. The Bertz CT molecular complexity index is 824. The molecule has 2 aromatic rings. The summed E-state index contributed by atoms with van der Waals surface area (Å²) in [5, 5.41) is 2.80. The van der Waals surface area contributed by atoms with Crippen LogP contribution in [0.5, 0.6) is 11.5 Å². The molecule has 28 heavy (non-hydrogen) atoms. The SMILES string of the molecule is COc1ccc(OC)c(C(C)NC(=O)COC(=O)CSc2ccccc2C)c1. The van der Waals surface area contributed by atoms with Gasteiger partial charge in [-0.25, -0.2) is 0 Å². The Morgan fingerprint density at radius 3 is 2.54 bits per heavy atom. The van der Waals surface area contributed by atoms with Crippen LogP contribution in [0.25, 0.3) is 0 Å². The highest BCUT2D eigenvalue weighted by atomic mass is 32.2. The summed E-state index contributed by atoms with van der Waals surface area (Å²) in [6, 6.07) is 12.8. The maximum atomic E-state index is 12.1. The van der Waals surface area contributed by atoms with Crippen LogP contribution in [0.3, 0.4) is 0 Å². The van der Waals surface area contributed by atoms with Crippen molar-refractivity contribution in [3.05, 3.63) is 53.6 Å². The molecule has 0 radical (unpaired) electrons. The third-order valence-corrected chi connectivity index (χ3v) is 5.23. The highest BCUT2D eigenvalue weighted by Gasteiger charge is 2.16. The first kappa shape index (κ1) is 21.6. The van der Waals surface area contributed by atoms with E-state index in [-0.39, 0.29) is 24.3 Å². The predicted molar refractivity (Wildman–Crippen MR) is 109 cm³/mol. The van der Waals surface area contributed by atoms with Crippen molar-refractivity contribution < 1.29 is 23.8 Å². The van der Waals surface area contributed by atoms with E-state index in [4.69, 9.17) is 14.2 Å². The number of aryl methyl sites for hydroxylation is 1. The second-order valence-corrected chi connectivity index (χ2v) is 7.13. The number of carbonyl (C=O) groups is 2. The summed E-state index contributed by atoms with van der Waals surface area (Å²) >= 11 is 1.39. The van der Waals surface area contributed by atoms with Crippen LogP contribution in [-0.2, 0) is 14.3 Å². The molecule has 1 unspecified atom stereocenters. The minimum atomic E-state index is -0.435. The summed E-state index contributed by atoms with van der Waals surface area (Å²) in [5.41, 5.74) is 1.87. The van der Waals surface area contributed by atoms with E-state index in [2.05, 4.69) is 5.32 Å². The normalized spacial score (nSPS) is 11.4. The van der Waals surface area contributed by atoms with E-state index in [1.54, 1.807) is 32.4 Å². The highest BCUT2D eigenvalue weighted by Crippen LogP contribution is 2.29. The molecule has 0 heterocycles. The molecule has 0 aromatic heterocycles. The topological polar surface area (TPSA) is 73.9 Å². The van der Waals surface area contributed by atoms with Gasteiger partial charge in [-0.15, -0.1) is 11.8 Å². The van der Waals surface area contributed by atoms with Gasteiger partial charge in [0.25, 0.3) is 5.91 Å². The standard InChI is InChI=1S/C21H25NO5S/c1-14-7-5-6-8-19(14)28-13-21(24)27-12-20(23)22-15(2)17-11-16(25-3)9-10-18(17)26-4/h5-11,15H,12-13H2,1-4H3,(H,22,23). The number of ether oxygens (including phenoxy) is 3. The van der Waals surface area contributed by atoms with Gasteiger partial charge in [-0.3, -0.25) is 9.59 Å². The second-order valence-electron chi connectivity index (χ2n) is 6.11. The lowest BCUT2D eigenvalue weighted by Gasteiger charge is -2.18. The zero-order valence-electron chi connectivity index (χ0n) is 16.5. The molecule has 1 amide bonds. The summed E-state index contributed by atoms with van der Waals surface area (Å²) in [4.78, 5) is 25.1. The lowest BCUT2D eigenvalue weighted by Crippen LogP contribution is -2.31. The molecular formula is C21H25NO5S. The molecule has 2 rings (SSSR count). The zero-order chi connectivity index (χ0) is 20.5.